The third kappa shape index (κ3) is 2.85. The lowest BCUT2D eigenvalue weighted by Gasteiger charge is -2.31. The van der Waals surface area contributed by atoms with E-state index in [1.807, 2.05) is 6.07 Å². The molecule has 1 N–H and O–H groups in total. The van der Waals surface area contributed by atoms with Crippen LogP contribution in [0.15, 0.2) is 24.3 Å². The summed E-state index contributed by atoms with van der Waals surface area (Å²) in [5.74, 6) is -0.227. The molecule has 4 heteroatoms. The quantitative estimate of drug-likeness (QED) is 0.916. The van der Waals surface area contributed by atoms with Gasteiger partial charge in [-0.05, 0) is 43.5 Å². The fourth-order valence-corrected chi connectivity index (χ4v) is 4.31. The molecule has 2 aromatic rings. The molecule has 0 amide bonds. The van der Waals surface area contributed by atoms with Crippen molar-refractivity contribution in [1.82, 2.24) is 5.32 Å². The number of fused-ring (bicyclic) bond motifs is 1. The number of nitrogens with one attached hydrogen (secondary N) is 1. The number of nitriles is 1. The van der Waals surface area contributed by atoms with Gasteiger partial charge < -0.3 is 5.32 Å². The Hall–Kier alpha value is -1.70. The molecule has 3 rings (SSSR count). The van der Waals surface area contributed by atoms with Gasteiger partial charge in [0, 0.05) is 28.3 Å². The number of nitrogens with zero attached hydrogens (tertiary/aromatic N) is 1. The number of hydrogen-bond donors (Lipinski definition) is 1. The Labute approximate surface area is 128 Å². The van der Waals surface area contributed by atoms with E-state index in [0.29, 0.717) is 6.42 Å². The maximum Gasteiger partial charge on any atom is 0.123 e. The Kier molecular flexibility index (Phi) is 3.56. The summed E-state index contributed by atoms with van der Waals surface area (Å²) in [4.78, 5) is 2.34. The Bertz CT molecular complexity index is 725. The summed E-state index contributed by atoms with van der Waals surface area (Å²) in [6.45, 7) is 5.09. The average Bonchev–Trinajstić information content (AvgIpc) is 2.73. The van der Waals surface area contributed by atoms with Crippen molar-refractivity contribution in [2.75, 3.05) is 0 Å². The number of halogens is 1. The van der Waals surface area contributed by atoms with Crippen LogP contribution in [0.4, 0.5) is 4.39 Å². The summed E-state index contributed by atoms with van der Waals surface area (Å²) in [7, 11) is 0. The molecule has 108 valence electrons. The molecule has 1 aromatic heterocycles. The van der Waals surface area contributed by atoms with Crippen molar-refractivity contribution in [1.29, 1.82) is 5.26 Å². The van der Waals surface area contributed by atoms with Gasteiger partial charge in [0.1, 0.15) is 11.9 Å². The molecule has 0 saturated carbocycles. The van der Waals surface area contributed by atoms with E-state index in [1.54, 1.807) is 23.5 Å². The monoisotopic (exact) mass is 300 g/mol. The zero-order valence-corrected chi connectivity index (χ0v) is 13.0. The molecular formula is C17H17FN2S. The zero-order chi connectivity index (χ0) is 15.0. The number of hydrogen-bond acceptors (Lipinski definition) is 3. The van der Waals surface area contributed by atoms with Crippen molar-refractivity contribution < 1.29 is 4.39 Å². The minimum atomic E-state index is -0.227. The van der Waals surface area contributed by atoms with E-state index < -0.39 is 0 Å². The first-order valence-corrected chi connectivity index (χ1v) is 7.83. The normalized spacial score (nSPS) is 16.3. The molecule has 1 aliphatic heterocycles. The molecule has 0 radical (unpaired) electrons. The van der Waals surface area contributed by atoms with Gasteiger partial charge in [0.25, 0.3) is 0 Å². The Morgan fingerprint density at radius 2 is 2.24 bits per heavy atom. The number of rotatable bonds is 2. The van der Waals surface area contributed by atoms with Gasteiger partial charge in [-0.3, -0.25) is 0 Å². The molecule has 0 fully saturated rings. The van der Waals surface area contributed by atoms with Gasteiger partial charge in [-0.2, -0.15) is 5.26 Å². The number of thiophene rings is 1. The highest BCUT2D eigenvalue weighted by molar-refractivity contribution is 7.12. The maximum atomic E-state index is 13.3. The average molecular weight is 300 g/mol. The molecule has 0 spiro atoms. The first kappa shape index (κ1) is 14.2. The van der Waals surface area contributed by atoms with Gasteiger partial charge in [-0.15, -0.1) is 11.3 Å². The highest BCUT2D eigenvalue weighted by atomic mass is 32.1. The van der Waals surface area contributed by atoms with E-state index in [2.05, 4.69) is 25.2 Å². The van der Waals surface area contributed by atoms with E-state index in [1.165, 1.54) is 10.9 Å². The highest BCUT2D eigenvalue weighted by Gasteiger charge is 2.29. The maximum absolute atomic E-state index is 13.3. The molecular weight excluding hydrogens is 283 g/mol. The molecule has 2 nitrogen and oxygen atoms in total. The van der Waals surface area contributed by atoms with Gasteiger partial charge in [-0.1, -0.05) is 12.1 Å². The molecule has 0 bridgehead atoms. The first-order chi connectivity index (χ1) is 9.98. The third-order valence-corrected chi connectivity index (χ3v) is 5.11. The molecule has 0 saturated heterocycles. The van der Waals surface area contributed by atoms with E-state index in [-0.39, 0.29) is 11.4 Å². The lowest BCUT2D eigenvalue weighted by molar-refractivity contribution is 0.366. The predicted molar refractivity (Wildman–Crippen MR) is 82.9 cm³/mol. The smallest absolute Gasteiger partial charge is 0.123 e. The Balaban J connectivity index is 1.97. The van der Waals surface area contributed by atoms with E-state index in [4.69, 9.17) is 0 Å². The van der Waals surface area contributed by atoms with Crippen LogP contribution in [0.1, 0.15) is 40.3 Å². The second-order valence-corrected chi connectivity index (χ2v) is 7.32. The van der Waals surface area contributed by atoms with Gasteiger partial charge in [-0.25, -0.2) is 4.39 Å². The fourth-order valence-electron chi connectivity index (χ4n) is 2.78. The van der Waals surface area contributed by atoms with E-state index >= 15 is 0 Å². The van der Waals surface area contributed by atoms with Crippen LogP contribution in [0.2, 0.25) is 0 Å². The van der Waals surface area contributed by atoms with Crippen molar-refractivity contribution >= 4 is 11.3 Å². The SMILES string of the molecule is CC1(C)Cc2sc(Cc3cccc(F)c3)c(C#N)c2CN1. The molecule has 21 heavy (non-hydrogen) atoms. The van der Waals surface area contributed by atoms with Crippen molar-refractivity contribution in [2.45, 2.75) is 38.8 Å². The largest absolute Gasteiger partial charge is 0.307 e. The molecule has 1 aliphatic rings. The van der Waals surface area contributed by atoms with E-state index in [9.17, 15) is 9.65 Å². The van der Waals surface area contributed by atoms with Crippen LogP contribution in [0.25, 0.3) is 0 Å². The van der Waals surface area contributed by atoms with Crippen molar-refractivity contribution in [2.24, 2.45) is 0 Å². The summed E-state index contributed by atoms with van der Waals surface area (Å²) in [5, 5.41) is 13.0. The zero-order valence-electron chi connectivity index (χ0n) is 12.2. The van der Waals surface area contributed by atoms with Crippen LogP contribution >= 0.6 is 11.3 Å². The molecule has 0 atom stereocenters. The molecule has 0 unspecified atom stereocenters. The Morgan fingerprint density at radius 3 is 2.95 bits per heavy atom. The fraction of sp³-hybridized carbons (Fsp3) is 0.353. The number of benzene rings is 1. The lowest BCUT2D eigenvalue weighted by Crippen LogP contribution is -2.44. The van der Waals surface area contributed by atoms with Crippen LogP contribution in [-0.4, -0.2) is 5.54 Å². The third-order valence-electron chi connectivity index (χ3n) is 3.88. The van der Waals surface area contributed by atoms with Crippen LogP contribution < -0.4 is 5.32 Å². The summed E-state index contributed by atoms with van der Waals surface area (Å²) >= 11 is 1.70. The summed E-state index contributed by atoms with van der Waals surface area (Å²) in [5.41, 5.74) is 2.90. The minimum Gasteiger partial charge on any atom is -0.307 e. The van der Waals surface area contributed by atoms with Gasteiger partial charge in [0.05, 0.1) is 5.56 Å². The standard InChI is InChI=1S/C17H17FN2S/c1-17(2)8-16-14(10-20-17)13(9-19)15(21-16)7-11-4-3-5-12(18)6-11/h3-6,20H,7-8,10H2,1-2H3. The van der Waals surface area contributed by atoms with Gasteiger partial charge >= 0.3 is 0 Å². The summed E-state index contributed by atoms with van der Waals surface area (Å²) in [6.07, 6.45) is 1.56. The van der Waals surface area contributed by atoms with Crippen LogP contribution in [-0.2, 0) is 19.4 Å². The van der Waals surface area contributed by atoms with Crippen molar-refractivity contribution in [3.63, 3.8) is 0 Å². The van der Waals surface area contributed by atoms with Crippen LogP contribution in [0.3, 0.4) is 0 Å². The molecule has 0 aliphatic carbocycles. The Morgan fingerprint density at radius 1 is 1.43 bits per heavy atom. The summed E-state index contributed by atoms with van der Waals surface area (Å²) in [6, 6.07) is 8.96. The van der Waals surface area contributed by atoms with E-state index in [0.717, 1.165) is 34.5 Å². The predicted octanol–water partition coefficient (Wildman–Crippen LogP) is 3.77. The van der Waals surface area contributed by atoms with Crippen molar-refractivity contribution in [3.8, 4) is 6.07 Å². The van der Waals surface area contributed by atoms with Crippen molar-refractivity contribution in [3.05, 3.63) is 56.5 Å². The van der Waals surface area contributed by atoms with Crippen LogP contribution in [0, 0.1) is 17.1 Å². The second kappa shape index (κ2) is 5.25. The molecule has 1 aromatic carbocycles. The second-order valence-electron chi connectivity index (χ2n) is 6.13. The lowest BCUT2D eigenvalue weighted by atomic mass is 9.91. The van der Waals surface area contributed by atoms with Gasteiger partial charge in [0.15, 0.2) is 0 Å². The highest BCUT2D eigenvalue weighted by Crippen LogP contribution is 2.35. The van der Waals surface area contributed by atoms with Gasteiger partial charge in [0.2, 0.25) is 0 Å². The molecule has 2 heterocycles. The summed E-state index contributed by atoms with van der Waals surface area (Å²) < 4.78 is 13.3. The first-order valence-electron chi connectivity index (χ1n) is 7.01. The van der Waals surface area contributed by atoms with Crippen LogP contribution in [0.5, 0.6) is 0 Å². The topological polar surface area (TPSA) is 35.8 Å². The minimum absolute atomic E-state index is 0.0701.